The molecule has 0 radical (unpaired) electrons. The van der Waals surface area contributed by atoms with Gasteiger partial charge in [-0.2, -0.15) is 0 Å². The van der Waals surface area contributed by atoms with Crippen molar-refractivity contribution in [2.45, 2.75) is 167 Å². The van der Waals surface area contributed by atoms with Gasteiger partial charge in [0, 0.05) is 24.4 Å². The molecule has 0 aromatic heterocycles. The van der Waals surface area contributed by atoms with Crippen LogP contribution in [0.3, 0.4) is 0 Å². The molecule has 0 aromatic carbocycles. The third kappa shape index (κ3) is 9.38. The predicted molar refractivity (Wildman–Crippen MR) is 204 cm³/mol. The van der Waals surface area contributed by atoms with Gasteiger partial charge in [-0.3, -0.25) is 0 Å². The molecule has 1 saturated heterocycles. The largest absolute Gasteiger partial charge is 0.446 e. The van der Waals surface area contributed by atoms with E-state index in [4.69, 9.17) is 14.9 Å². The predicted octanol–water partition coefficient (Wildman–Crippen LogP) is 7.24. The summed E-state index contributed by atoms with van der Waals surface area (Å²) in [7, 11) is 0. The van der Waals surface area contributed by atoms with Gasteiger partial charge in [-0.1, -0.05) is 72.0 Å². The van der Waals surface area contributed by atoms with E-state index in [1.54, 1.807) is 5.57 Å². The Hall–Kier alpha value is -1.17. The lowest BCUT2D eigenvalue weighted by Crippen LogP contribution is -2.57. The number of ether oxygens (including phenoxy) is 2. The van der Waals surface area contributed by atoms with Crippen LogP contribution in [0, 0.1) is 51.7 Å². The molecule has 3 saturated carbocycles. The highest BCUT2D eigenvalue weighted by molar-refractivity contribution is 8.00. The van der Waals surface area contributed by atoms with Gasteiger partial charge < -0.3 is 40.6 Å². The second kappa shape index (κ2) is 18.0. The van der Waals surface area contributed by atoms with E-state index in [2.05, 4.69) is 46.0 Å². The number of nitrogens with one attached hydrogen (secondary N) is 2. The van der Waals surface area contributed by atoms with Crippen LogP contribution < -0.4 is 5.32 Å². The maximum atomic E-state index is 12.7. The number of carbonyl (C=O) groups is 1. The molecule has 292 valence electrons. The van der Waals surface area contributed by atoms with Crippen molar-refractivity contribution in [1.29, 1.82) is 5.41 Å². The molecule has 0 aromatic rings. The molecule has 1 heterocycles. The van der Waals surface area contributed by atoms with Crippen LogP contribution in [-0.2, 0) is 9.47 Å². The van der Waals surface area contributed by atoms with Gasteiger partial charge in [-0.15, -0.1) is 11.8 Å². The molecule has 51 heavy (non-hydrogen) atoms. The monoisotopic (exact) mass is 734 g/mol. The Bertz CT molecular complexity index is 1200. The normalized spacial score (nSPS) is 39.8. The van der Waals surface area contributed by atoms with Crippen LogP contribution in [0.5, 0.6) is 0 Å². The van der Waals surface area contributed by atoms with E-state index in [1.165, 1.54) is 63.1 Å². The SMILES string of the molecule is CC(C)CCCC(C)C1CCC2C3CC=C4CC(OC(=O)NCCCCCC(=N)CS[C@@H]5OC(CO)[C@H](O)[C@@H](O)C5O)CCC4(C)C3CCC12C. The fourth-order valence-corrected chi connectivity index (χ4v) is 12.3. The van der Waals surface area contributed by atoms with E-state index in [0.29, 0.717) is 29.8 Å². The van der Waals surface area contributed by atoms with E-state index >= 15 is 0 Å². The Morgan fingerprint density at radius 1 is 1.00 bits per heavy atom. The van der Waals surface area contributed by atoms with E-state index in [-0.39, 0.29) is 17.6 Å². The molecule has 4 aliphatic carbocycles. The molecule has 13 atom stereocenters. The zero-order valence-corrected chi connectivity index (χ0v) is 33.0. The van der Waals surface area contributed by atoms with Gasteiger partial charge in [0.05, 0.1) is 6.61 Å². The van der Waals surface area contributed by atoms with Gasteiger partial charge in [0.15, 0.2) is 0 Å². The second-order valence-electron chi connectivity index (χ2n) is 17.9. The van der Waals surface area contributed by atoms with Crippen LogP contribution in [0.25, 0.3) is 0 Å². The first-order valence-electron chi connectivity index (χ1n) is 20.4. The smallest absolute Gasteiger partial charge is 0.407 e. The maximum absolute atomic E-state index is 12.7. The molecule has 1 amide bonds. The maximum Gasteiger partial charge on any atom is 0.407 e. The molecule has 0 spiro atoms. The summed E-state index contributed by atoms with van der Waals surface area (Å²) in [6.45, 7) is 12.5. The van der Waals surface area contributed by atoms with E-state index in [1.807, 2.05) is 0 Å². The number of alkyl carbamates (subject to hydrolysis) is 1. The zero-order valence-electron chi connectivity index (χ0n) is 32.2. The summed E-state index contributed by atoms with van der Waals surface area (Å²) in [4.78, 5) is 12.7. The molecule has 10 heteroatoms. The lowest BCUT2D eigenvalue weighted by molar-refractivity contribution is -0.205. The summed E-state index contributed by atoms with van der Waals surface area (Å²) < 4.78 is 11.5. The minimum atomic E-state index is -1.40. The van der Waals surface area contributed by atoms with Gasteiger partial charge in [0.1, 0.15) is 36.0 Å². The van der Waals surface area contributed by atoms with E-state index < -0.39 is 36.5 Å². The number of amides is 1. The minimum Gasteiger partial charge on any atom is -0.446 e. The third-order valence-electron chi connectivity index (χ3n) is 14.2. The molecule has 1 aliphatic heterocycles. The van der Waals surface area contributed by atoms with Gasteiger partial charge >= 0.3 is 6.09 Å². The summed E-state index contributed by atoms with van der Waals surface area (Å²) in [5, 5.41) is 50.6. The molecular weight excluding hydrogens is 665 g/mol. The first-order chi connectivity index (χ1) is 24.3. The van der Waals surface area contributed by atoms with Crippen LogP contribution >= 0.6 is 11.8 Å². The Morgan fingerprint density at radius 2 is 1.78 bits per heavy atom. The van der Waals surface area contributed by atoms with Gasteiger partial charge in [0.2, 0.25) is 0 Å². The van der Waals surface area contributed by atoms with Crippen molar-refractivity contribution >= 4 is 23.6 Å². The van der Waals surface area contributed by atoms with Gasteiger partial charge in [0.25, 0.3) is 0 Å². The highest BCUT2D eigenvalue weighted by Crippen LogP contribution is 2.67. The van der Waals surface area contributed by atoms with Crippen LogP contribution in [0.4, 0.5) is 4.79 Å². The number of aliphatic hydroxyl groups excluding tert-OH is 4. The van der Waals surface area contributed by atoms with E-state index in [0.717, 1.165) is 74.0 Å². The summed E-state index contributed by atoms with van der Waals surface area (Å²) in [6.07, 6.45) is 14.0. The van der Waals surface area contributed by atoms with Gasteiger partial charge in [-0.25, -0.2) is 4.79 Å². The number of hydrogen-bond acceptors (Lipinski definition) is 9. The fourth-order valence-electron chi connectivity index (χ4n) is 11.2. The summed E-state index contributed by atoms with van der Waals surface area (Å²) >= 11 is 1.19. The first-order valence-corrected chi connectivity index (χ1v) is 21.5. The Labute approximate surface area is 312 Å². The van der Waals surface area contributed by atoms with Crippen molar-refractivity contribution < 1.29 is 34.7 Å². The Morgan fingerprint density at radius 3 is 2.53 bits per heavy atom. The molecule has 10 unspecified atom stereocenters. The highest BCUT2D eigenvalue weighted by atomic mass is 32.2. The summed E-state index contributed by atoms with van der Waals surface area (Å²) in [5.74, 6) is 5.25. The molecule has 9 nitrogen and oxygen atoms in total. The lowest BCUT2D eigenvalue weighted by Gasteiger charge is -2.58. The topological polar surface area (TPSA) is 152 Å². The second-order valence-corrected chi connectivity index (χ2v) is 19.0. The average Bonchev–Trinajstić information content (AvgIpc) is 3.45. The molecule has 5 rings (SSSR count). The molecule has 5 aliphatic rings. The Kier molecular flexibility index (Phi) is 14.5. The van der Waals surface area contributed by atoms with Gasteiger partial charge in [-0.05, 0) is 111 Å². The zero-order chi connectivity index (χ0) is 36.9. The van der Waals surface area contributed by atoms with Crippen molar-refractivity contribution in [2.24, 2.45) is 46.3 Å². The summed E-state index contributed by atoms with van der Waals surface area (Å²) in [5.41, 5.74) is 1.95. The quantitative estimate of drug-likeness (QED) is 0.0552. The third-order valence-corrected chi connectivity index (χ3v) is 15.5. The number of unbranched alkanes of at least 4 members (excludes halogenated alkanes) is 2. The molecule has 0 bridgehead atoms. The van der Waals surface area contributed by atoms with Crippen LogP contribution in [0.2, 0.25) is 0 Å². The molecule has 4 fully saturated rings. The van der Waals surface area contributed by atoms with Crippen molar-refractivity contribution in [3.05, 3.63) is 11.6 Å². The standard InChI is InChI=1S/C41H70N2O7S/c1-25(2)10-9-11-26(3)31-15-16-32-30-14-13-27-22-29(17-19-40(27,4)33(30)18-20-41(31,32)5)49-39(48)43-21-8-6-7-12-28(42)24-51-38-37(47)36(46)35(45)34(23-44)50-38/h13,25-26,29-38,42,44-47H,6-12,14-24H2,1-5H3,(H,43,48)/t26?,29?,30?,31?,32?,33?,34?,35-,36+,37?,38-,40?,41?/m0/s1. The number of rotatable bonds is 16. The lowest BCUT2D eigenvalue weighted by atomic mass is 9.47. The number of hydrogen-bond donors (Lipinski definition) is 6. The van der Waals surface area contributed by atoms with Crippen LogP contribution in [0.1, 0.15) is 131 Å². The number of aliphatic hydroxyl groups is 4. The Balaban J connectivity index is 0.989. The highest BCUT2D eigenvalue weighted by Gasteiger charge is 2.59. The minimum absolute atomic E-state index is 0.0565. The number of fused-ring (bicyclic) bond motifs is 5. The summed E-state index contributed by atoms with van der Waals surface area (Å²) in [6, 6.07) is 0. The van der Waals surface area contributed by atoms with E-state index in [9.17, 15) is 25.2 Å². The first kappa shape index (κ1) is 41.0. The number of carbonyl (C=O) groups excluding carboxylic acids is 1. The van der Waals surface area contributed by atoms with Crippen LogP contribution in [0.15, 0.2) is 11.6 Å². The number of allylic oxidation sites excluding steroid dienone is 1. The fraction of sp³-hybridized carbons (Fsp3) is 0.902. The average molecular weight is 735 g/mol. The van der Waals surface area contributed by atoms with Crippen molar-refractivity contribution in [2.75, 3.05) is 18.9 Å². The van der Waals surface area contributed by atoms with Crippen molar-refractivity contribution in [3.63, 3.8) is 0 Å². The molecular formula is C41H70N2O7S. The van der Waals surface area contributed by atoms with Crippen molar-refractivity contribution in [3.8, 4) is 0 Å². The molecule has 6 N–H and O–H groups in total. The van der Waals surface area contributed by atoms with Crippen molar-refractivity contribution in [1.82, 2.24) is 5.32 Å². The van der Waals surface area contributed by atoms with Crippen LogP contribution in [-0.4, -0.2) is 87.1 Å². The number of thioether (sulfide) groups is 1.